The molecular formula is C16H17N3O2S. The molecule has 2 rings (SSSR count). The molecule has 0 aliphatic rings. The van der Waals surface area contributed by atoms with Gasteiger partial charge in [0.15, 0.2) is 0 Å². The fourth-order valence-electron chi connectivity index (χ4n) is 1.70. The molecule has 0 saturated carbocycles. The molecule has 1 aromatic carbocycles. The third kappa shape index (κ3) is 4.46. The lowest BCUT2D eigenvalue weighted by Gasteiger charge is -2.13. The first-order valence-electron chi connectivity index (χ1n) is 6.65. The van der Waals surface area contributed by atoms with Gasteiger partial charge in [-0.1, -0.05) is 12.1 Å². The van der Waals surface area contributed by atoms with E-state index in [4.69, 9.17) is 0 Å². The number of hydrogen-bond donors (Lipinski definition) is 2. The quantitative estimate of drug-likeness (QED) is 0.672. The van der Waals surface area contributed by atoms with Crippen LogP contribution in [0.4, 0.5) is 5.69 Å². The van der Waals surface area contributed by atoms with Gasteiger partial charge in [-0.2, -0.15) is 0 Å². The number of hydrazine groups is 1. The van der Waals surface area contributed by atoms with Crippen LogP contribution >= 0.6 is 11.3 Å². The minimum Gasteiger partial charge on any atom is -0.378 e. The SMILES string of the molecule is CN(C)c1cccc(C(=O)NNC(=O)C=Cc2cccs2)c1. The predicted octanol–water partition coefficient (Wildman–Crippen LogP) is 2.29. The number of nitrogens with one attached hydrogen (secondary N) is 2. The van der Waals surface area contributed by atoms with Crippen LogP contribution in [-0.2, 0) is 4.79 Å². The van der Waals surface area contributed by atoms with Crippen molar-refractivity contribution in [3.63, 3.8) is 0 Å². The molecule has 0 fully saturated rings. The summed E-state index contributed by atoms with van der Waals surface area (Å²) in [6, 6.07) is 10.9. The molecule has 0 spiro atoms. The molecule has 0 unspecified atom stereocenters. The molecule has 2 aromatic rings. The van der Waals surface area contributed by atoms with Crippen LogP contribution in [0.15, 0.2) is 47.9 Å². The Kier molecular flexibility index (Phi) is 5.32. The molecule has 2 amide bonds. The number of anilines is 1. The van der Waals surface area contributed by atoms with Crippen molar-refractivity contribution in [2.45, 2.75) is 0 Å². The highest BCUT2D eigenvalue weighted by Crippen LogP contribution is 2.13. The number of nitrogens with zero attached hydrogens (tertiary/aromatic N) is 1. The van der Waals surface area contributed by atoms with Gasteiger partial charge < -0.3 is 4.90 Å². The third-order valence-corrected chi connectivity index (χ3v) is 3.70. The van der Waals surface area contributed by atoms with Gasteiger partial charge in [0.1, 0.15) is 0 Å². The highest BCUT2D eigenvalue weighted by Gasteiger charge is 2.07. The molecule has 0 bridgehead atoms. The standard InChI is InChI=1S/C16H17N3O2S/c1-19(2)13-6-3-5-12(11-13)16(21)18-17-15(20)9-8-14-7-4-10-22-14/h3-11H,1-2H3,(H,17,20)(H,18,21). The maximum Gasteiger partial charge on any atom is 0.269 e. The van der Waals surface area contributed by atoms with Gasteiger partial charge in [-0.3, -0.25) is 20.4 Å². The lowest BCUT2D eigenvalue weighted by atomic mass is 10.2. The highest BCUT2D eigenvalue weighted by molar-refractivity contribution is 7.10. The third-order valence-electron chi connectivity index (χ3n) is 2.87. The van der Waals surface area contributed by atoms with Crippen molar-refractivity contribution >= 4 is 34.9 Å². The number of hydrogen-bond acceptors (Lipinski definition) is 4. The van der Waals surface area contributed by atoms with Crippen LogP contribution in [-0.4, -0.2) is 25.9 Å². The van der Waals surface area contributed by atoms with E-state index < -0.39 is 0 Å². The van der Waals surface area contributed by atoms with E-state index in [2.05, 4.69) is 10.9 Å². The molecule has 5 nitrogen and oxygen atoms in total. The Hall–Kier alpha value is -2.60. The molecule has 0 radical (unpaired) electrons. The van der Waals surface area contributed by atoms with Crippen molar-refractivity contribution < 1.29 is 9.59 Å². The lowest BCUT2D eigenvalue weighted by Crippen LogP contribution is -2.40. The van der Waals surface area contributed by atoms with E-state index >= 15 is 0 Å². The van der Waals surface area contributed by atoms with Crippen molar-refractivity contribution in [2.24, 2.45) is 0 Å². The van der Waals surface area contributed by atoms with Gasteiger partial charge in [0.25, 0.3) is 11.8 Å². The Morgan fingerprint density at radius 3 is 2.64 bits per heavy atom. The molecule has 0 aliphatic heterocycles. The first-order chi connectivity index (χ1) is 10.6. The molecule has 1 heterocycles. The average molecular weight is 315 g/mol. The van der Waals surface area contributed by atoms with Gasteiger partial charge in [-0.05, 0) is 35.7 Å². The summed E-state index contributed by atoms with van der Waals surface area (Å²) in [4.78, 5) is 26.5. The number of benzene rings is 1. The van der Waals surface area contributed by atoms with Crippen LogP contribution < -0.4 is 15.8 Å². The minimum absolute atomic E-state index is 0.360. The fourth-order valence-corrected chi connectivity index (χ4v) is 2.32. The maximum absolute atomic E-state index is 12.0. The second kappa shape index (κ2) is 7.42. The van der Waals surface area contributed by atoms with Crippen molar-refractivity contribution in [3.05, 3.63) is 58.3 Å². The van der Waals surface area contributed by atoms with E-state index in [1.54, 1.807) is 24.3 Å². The molecule has 1 aromatic heterocycles. The molecule has 0 atom stereocenters. The van der Waals surface area contributed by atoms with Crippen LogP contribution in [0, 0.1) is 0 Å². The molecule has 0 aliphatic carbocycles. The molecule has 6 heteroatoms. The van der Waals surface area contributed by atoms with Gasteiger partial charge in [0, 0.05) is 36.3 Å². The van der Waals surface area contributed by atoms with Gasteiger partial charge in [0.05, 0.1) is 0 Å². The zero-order valence-electron chi connectivity index (χ0n) is 12.4. The normalized spacial score (nSPS) is 10.5. The van der Waals surface area contributed by atoms with Crippen molar-refractivity contribution in [3.8, 4) is 0 Å². The van der Waals surface area contributed by atoms with Crippen LogP contribution in [0.1, 0.15) is 15.2 Å². The summed E-state index contributed by atoms with van der Waals surface area (Å²) in [6.45, 7) is 0. The predicted molar refractivity (Wildman–Crippen MR) is 89.7 cm³/mol. The zero-order chi connectivity index (χ0) is 15.9. The zero-order valence-corrected chi connectivity index (χ0v) is 13.2. The lowest BCUT2D eigenvalue weighted by molar-refractivity contribution is -0.117. The topological polar surface area (TPSA) is 61.4 Å². The highest BCUT2D eigenvalue weighted by atomic mass is 32.1. The van der Waals surface area contributed by atoms with E-state index in [-0.39, 0.29) is 11.8 Å². The summed E-state index contributed by atoms with van der Waals surface area (Å²) in [5.41, 5.74) is 6.14. The second-order valence-electron chi connectivity index (χ2n) is 4.74. The van der Waals surface area contributed by atoms with Gasteiger partial charge in [-0.25, -0.2) is 0 Å². The summed E-state index contributed by atoms with van der Waals surface area (Å²) in [5, 5.41) is 1.93. The molecular weight excluding hydrogens is 298 g/mol. The fraction of sp³-hybridized carbons (Fsp3) is 0.125. The number of thiophene rings is 1. The molecule has 0 saturated heterocycles. The first-order valence-corrected chi connectivity index (χ1v) is 7.53. The largest absolute Gasteiger partial charge is 0.378 e. The number of amides is 2. The molecule has 2 N–H and O–H groups in total. The number of carbonyl (C=O) groups is 2. The smallest absolute Gasteiger partial charge is 0.269 e. The number of carbonyl (C=O) groups excluding carboxylic acids is 2. The average Bonchev–Trinajstić information content (AvgIpc) is 3.04. The van der Waals surface area contributed by atoms with E-state index in [9.17, 15) is 9.59 Å². The molecule has 114 valence electrons. The Bertz CT molecular complexity index is 678. The summed E-state index contributed by atoms with van der Waals surface area (Å²) in [7, 11) is 3.79. The minimum atomic E-state index is -0.384. The van der Waals surface area contributed by atoms with Crippen molar-refractivity contribution in [1.82, 2.24) is 10.9 Å². The Labute approximate surface area is 133 Å². The van der Waals surface area contributed by atoms with Crippen molar-refractivity contribution in [2.75, 3.05) is 19.0 Å². The summed E-state index contributed by atoms with van der Waals surface area (Å²) >= 11 is 1.53. The van der Waals surface area contributed by atoms with Crippen LogP contribution in [0.2, 0.25) is 0 Å². The van der Waals surface area contributed by atoms with Gasteiger partial charge >= 0.3 is 0 Å². The molecule has 22 heavy (non-hydrogen) atoms. The maximum atomic E-state index is 12.0. The second-order valence-corrected chi connectivity index (χ2v) is 5.72. The number of rotatable bonds is 4. The van der Waals surface area contributed by atoms with Gasteiger partial charge in [0.2, 0.25) is 0 Å². The van der Waals surface area contributed by atoms with E-state index in [1.807, 2.05) is 42.6 Å². The summed E-state index contributed by atoms with van der Waals surface area (Å²) < 4.78 is 0. The first kappa shape index (κ1) is 15.8. The van der Waals surface area contributed by atoms with Crippen LogP contribution in [0.5, 0.6) is 0 Å². The van der Waals surface area contributed by atoms with Gasteiger partial charge in [-0.15, -0.1) is 11.3 Å². The Balaban J connectivity index is 1.89. The Morgan fingerprint density at radius 2 is 1.95 bits per heavy atom. The van der Waals surface area contributed by atoms with E-state index in [0.29, 0.717) is 5.56 Å². The summed E-state index contributed by atoms with van der Waals surface area (Å²) in [5.74, 6) is -0.743. The van der Waals surface area contributed by atoms with E-state index in [1.165, 1.54) is 17.4 Å². The monoisotopic (exact) mass is 315 g/mol. The van der Waals surface area contributed by atoms with Crippen LogP contribution in [0.3, 0.4) is 0 Å². The van der Waals surface area contributed by atoms with Crippen molar-refractivity contribution in [1.29, 1.82) is 0 Å². The Morgan fingerprint density at radius 1 is 1.14 bits per heavy atom. The van der Waals surface area contributed by atoms with E-state index in [0.717, 1.165) is 10.6 Å². The van der Waals surface area contributed by atoms with Crippen LogP contribution in [0.25, 0.3) is 6.08 Å². The summed E-state index contributed by atoms with van der Waals surface area (Å²) in [6.07, 6.45) is 3.07.